The van der Waals surface area contributed by atoms with Crippen LogP contribution in [0.3, 0.4) is 0 Å². The Balaban J connectivity index is 2.43. The normalized spacial score (nSPS) is 10.6. The smallest absolute Gasteiger partial charge is 0.268 e. The Kier molecular flexibility index (Phi) is 4.85. The van der Waals surface area contributed by atoms with E-state index < -0.39 is 0 Å². The van der Waals surface area contributed by atoms with Crippen molar-refractivity contribution in [1.29, 1.82) is 5.26 Å². The molecule has 0 aliphatic heterocycles. The van der Waals surface area contributed by atoms with Gasteiger partial charge >= 0.3 is 0 Å². The summed E-state index contributed by atoms with van der Waals surface area (Å²) in [5.74, 6) is 0. The van der Waals surface area contributed by atoms with Crippen LogP contribution in [0.4, 0.5) is 0 Å². The molecule has 0 radical (unpaired) electrons. The summed E-state index contributed by atoms with van der Waals surface area (Å²) < 4.78 is 1.64. The molecule has 2 aromatic heterocycles. The van der Waals surface area contributed by atoms with E-state index in [0.29, 0.717) is 6.54 Å². The van der Waals surface area contributed by atoms with Gasteiger partial charge in [0.1, 0.15) is 11.6 Å². The second-order valence-corrected chi connectivity index (χ2v) is 5.07. The number of nitrogens with zero attached hydrogens (tertiary/aromatic N) is 4. The average molecular weight is 282 g/mol. The molecule has 0 N–H and O–H groups in total. The molecule has 0 spiro atoms. The number of aromatic nitrogens is 2. The third-order valence-electron chi connectivity index (χ3n) is 3.21. The van der Waals surface area contributed by atoms with E-state index in [1.165, 1.54) is 0 Å². The SMILES string of the molecule is CN(C)CCCn1c(-c2ccccn2)ccc(C#N)c1=O. The molecule has 2 aromatic rings. The Bertz CT molecular complexity index is 698. The van der Waals surface area contributed by atoms with E-state index in [-0.39, 0.29) is 11.1 Å². The molecule has 0 saturated heterocycles. The van der Waals surface area contributed by atoms with E-state index in [9.17, 15) is 4.79 Å². The first-order valence-electron chi connectivity index (χ1n) is 6.83. The third-order valence-corrected chi connectivity index (χ3v) is 3.21. The molecule has 0 fully saturated rings. The number of pyridine rings is 2. The summed E-state index contributed by atoms with van der Waals surface area (Å²) in [6.45, 7) is 1.45. The third kappa shape index (κ3) is 3.56. The molecule has 5 nitrogen and oxygen atoms in total. The zero-order chi connectivity index (χ0) is 15.2. The zero-order valence-corrected chi connectivity index (χ0v) is 12.3. The molecule has 0 aliphatic carbocycles. The fourth-order valence-corrected chi connectivity index (χ4v) is 2.17. The van der Waals surface area contributed by atoms with Gasteiger partial charge in [0.15, 0.2) is 0 Å². The molecule has 108 valence electrons. The van der Waals surface area contributed by atoms with Gasteiger partial charge in [0.2, 0.25) is 0 Å². The van der Waals surface area contributed by atoms with Crippen molar-refractivity contribution in [3.63, 3.8) is 0 Å². The lowest BCUT2D eigenvalue weighted by molar-refractivity contribution is 0.385. The predicted molar refractivity (Wildman–Crippen MR) is 81.8 cm³/mol. The molecule has 0 atom stereocenters. The van der Waals surface area contributed by atoms with E-state index in [0.717, 1.165) is 24.4 Å². The van der Waals surface area contributed by atoms with Crippen molar-refractivity contribution in [3.8, 4) is 17.5 Å². The maximum atomic E-state index is 12.4. The van der Waals surface area contributed by atoms with Crippen molar-refractivity contribution in [3.05, 3.63) is 52.4 Å². The topological polar surface area (TPSA) is 61.9 Å². The van der Waals surface area contributed by atoms with Crippen LogP contribution < -0.4 is 5.56 Å². The lowest BCUT2D eigenvalue weighted by Gasteiger charge is -2.14. The Morgan fingerprint density at radius 2 is 2.10 bits per heavy atom. The number of nitriles is 1. The van der Waals surface area contributed by atoms with Gasteiger partial charge in [0, 0.05) is 12.7 Å². The van der Waals surface area contributed by atoms with Crippen LogP contribution in [0.15, 0.2) is 41.3 Å². The fourth-order valence-electron chi connectivity index (χ4n) is 2.17. The predicted octanol–water partition coefficient (Wildman–Crippen LogP) is 1.73. The number of hydrogen-bond donors (Lipinski definition) is 0. The summed E-state index contributed by atoms with van der Waals surface area (Å²) in [5, 5.41) is 9.03. The molecule has 0 amide bonds. The van der Waals surface area contributed by atoms with Gasteiger partial charge < -0.3 is 9.47 Å². The molecule has 5 heteroatoms. The molecule has 0 saturated carbocycles. The Labute approximate surface area is 124 Å². The number of rotatable bonds is 5. The molecule has 0 unspecified atom stereocenters. The van der Waals surface area contributed by atoms with E-state index in [4.69, 9.17) is 5.26 Å². The largest absolute Gasteiger partial charge is 0.309 e. The molecular weight excluding hydrogens is 264 g/mol. The van der Waals surface area contributed by atoms with Crippen molar-refractivity contribution < 1.29 is 0 Å². The molecule has 0 aliphatic rings. The van der Waals surface area contributed by atoms with Gasteiger partial charge in [-0.25, -0.2) is 0 Å². The minimum absolute atomic E-state index is 0.166. The van der Waals surface area contributed by atoms with Crippen LogP contribution in [0, 0.1) is 11.3 Å². The Hall–Kier alpha value is -2.45. The zero-order valence-electron chi connectivity index (χ0n) is 12.3. The highest BCUT2D eigenvalue weighted by Crippen LogP contribution is 2.15. The van der Waals surface area contributed by atoms with E-state index >= 15 is 0 Å². The molecule has 2 heterocycles. The molecule has 0 bridgehead atoms. The van der Waals surface area contributed by atoms with Crippen LogP contribution in [-0.2, 0) is 6.54 Å². The minimum Gasteiger partial charge on any atom is -0.309 e. The van der Waals surface area contributed by atoms with E-state index in [1.54, 1.807) is 22.9 Å². The summed E-state index contributed by atoms with van der Waals surface area (Å²) in [6.07, 6.45) is 2.53. The highest BCUT2D eigenvalue weighted by atomic mass is 16.1. The van der Waals surface area contributed by atoms with Gasteiger partial charge in [0.05, 0.1) is 11.4 Å². The second kappa shape index (κ2) is 6.82. The Morgan fingerprint density at radius 3 is 2.71 bits per heavy atom. The maximum Gasteiger partial charge on any atom is 0.268 e. The van der Waals surface area contributed by atoms with Crippen LogP contribution in [0.25, 0.3) is 11.4 Å². The van der Waals surface area contributed by atoms with Crippen molar-refractivity contribution in [2.75, 3.05) is 20.6 Å². The van der Waals surface area contributed by atoms with Gasteiger partial charge in [-0.15, -0.1) is 0 Å². The van der Waals surface area contributed by atoms with E-state index in [1.807, 2.05) is 38.4 Å². The first kappa shape index (κ1) is 14.9. The summed E-state index contributed by atoms with van der Waals surface area (Å²) in [5.41, 5.74) is 1.40. The summed E-state index contributed by atoms with van der Waals surface area (Å²) >= 11 is 0. The maximum absolute atomic E-state index is 12.4. The standard InChI is InChI=1S/C16H18N4O/c1-19(2)10-5-11-20-15(14-6-3-4-9-18-14)8-7-13(12-17)16(20)21/h3-4,6-9H,5,10-11H2,1-2H3. The molecule has 21 heavy (non-hydrogen) atoms. The fraction of sp³-hybridized carbons (Fsp3) is 0.312. The van der Waals surface area contributed by atoms with Crippen molar-refractivity contribution in [1.82, 2.24) is 14.5 Å². The van der Waals surface area contributed by atoms with Crippen LogP contribution in [-0.4, -0.2) is 35.1 Å². The quantitative estimate of drug-likeness (QED) is 0.838. The molecule has 2 rings (SSSR count). The summed E-state index contributed by atoms with van der Waals surface area (Å²) in [7, 11) is 3.99. The van der Waals surface area contributed by atoms with Crippen molar-refractivity contribution in [2.45, 2.75) is 13.0 Å². The molecular formula is C16H18N4O. The highest BCUT2D eigenvalue weighted by Gasteiger charge is 2.11. The molecule has 0 aromatic carbocycles. The monoisotopic (exact) mass is 282 g/mol. The summed E-state index contributed by atoms with van der Waals surface area (Å²) in [4.78, 5) is 18.7. The number of hydrogen-bond acceptors (Lipinski definition) is 4. The van der Waals surface area contributed by atoms with Crippen LogP contribution in [0.1, 0.15) is 12.0 Å². The van der Waals surface area contributed by atoms with Crippen LogP contribution >= 0.6 is 0 Å². The van der Waals surface area contributed by atoms with Crippen molar-refractivity contribution in [2.24, 2.45) is 0 Å². The minimum atomic E-state index is -0.251. The van der Waals surface area contributed by atoms with Gasteiger partial charge in [-0.3, -0.25) is 9.78 Å². The average Bonchev–Trinajstić information content (AvgIpc) is 2.49. The first-order chi connectivity index (χ1) is 10.1. The summed E-state index contributed by atoms with van der Waals surface area (Å²) in [6, 6.07) is 10.9. The highest BCUT2D eigenvalue weighted by molar-refractivity contribution is 5.55. The van der Waals surface area contributed by atoms with Gasteiger partial charge in [-0.2, -0.15) is 5.26 Å². The van der Waals surface area contributed by atoms with Crippen LogP contribution in [0.5, 0.6) is 0 Å². The first-order valence-corrected chi connectivity index (χ1v) is 6.83. The Morgan fingerprint density at radius 1 is 1.29 bits per heavy atom. The van der Waals surface area contributed by atoms with Gasteiger partial charge in [0.25, 0.3) is 5.56 Å². The lowest BCUT2D eigenvalue weighted by atomic mass is 10.2. The van der Waals surface area contributed by atoms with Crippen LogP contribution in [0.2, 0.25) is 0 Å². The van der Waals surface area contributed by atoms with Gasteiger partial charge in [-0.1, -0.05) is 6.07 Å². The lowest BCUT2D eigenvalue weighted by Crippen LogP contribution is -2.26. The van der Waals surface area contributed by atoms with E-state index in [2.05, 4.69) is 9.88 Å². The van der Waals surface area contributed by atoms with Crippen molar-refractivity contribution >= 4 is 0 Å². The second-order valence-electron chi connectivity index (χ2n) is 5.07. The van der Waals surface area contributed by atoms with Gasteiger partial charge in [-0.05, 0) is 51.3 Å².